The van der Waals surface area contributed by atoms with E-state index in [1.54, 1.807) is 12.3 Å². The molecule has 0 aliphatic heterocycles. The molecule has 0 saturated carbocycles. The zero-order chi connectivity index (χ0) is 10.6. The summed E-state index contributed by atoms with van der Waals surface area (Å²) < 4.78 is 0. The van der Waals surface area contributed by atoms with E-state index in [0.717, 1.165) is 11.3 Å². The molecule has 1 aromatic rings. The van der Waals surface area contributed by atoms with E-state index < -0.39 is 5.91 Å². The molecule has 1 rings (SSSR count). The van der Waals surface area contributed by atoms with E-state index in [1.165, 1.54) is 6.08 Å². The molecule has 0 spiro atoms. The first-order chi connectivity index (χ1) is 6.59. The lowest BCUT2D eigenvalue weighted by atomic mass is 10.1. The molecule has 74 valence electrons. The second-order valence-corrected chi connectivity index (χ2v) is 3.40. The van der Waals surface area contributed by atoms with Crippen LogP contribution in [0.1, 0.15) is 31.0 Å². The van der Waals surface area contributed by atoms with Gasteiger partial charge in [-0.3, -0.25) is 9.78 Å². The van der Waals surface area contributed by atoms with Crippen molar-refractivity contribution >= 4 is 12.0 Å². The van der Waals surface area contributed by atoms with Gasteiger partial charge in [-0.25, -0.2) is 0 Å². The Hall–Kier alpha value is -1.64. The maximum atomic E-state index is 10.5. The number of amides is 1. The summed E-state index contributed by atoms with van der Waals surface area (Å²) in [5, 5.41) is 0. The fourth-order valence-corrected chi connectivity index (χ4v) is 1.06. The Bertz CT molecular complexity index is 356. The molecule has 1 amide bonds. The fraction of sp³-hybridized carbons (Fsp3) is 0.273. The molecule has 0 aromatic carbocycles. The van der Waals surface area contributed by atoms with E-state index in [2.05, 4.69) is 18.8 Å². The molecule has 1 heterocycles. The van der Waals surface area contributed by atoms with Gasteiger partial charge in [0.25, 0.3) is 0 Å². The van der Waals surface area contributed by atoms with Crippen LogP contribution in [0.5, 0.6) is 0 Å². The fourth-order valence-electron chi connectivity index (χ4n) is 1.06. The van der Waals surface area contributed by atoms with Crippen LogP contribution in [0.15, 0.2) is 24.4 Å². The van der Waals surface area contributed by atoms with Crippen molar-refractivity contribution < 1.29 is 4.79 Å². The summed E-state index contributed by atoms with van der Waals surface area (Å²) in [5.41, 5.74) is 6.95. The number of carbonyl (C=O) groups excluding carboxylic acids is 1. The van der Waals surface area contributed by atoms with Gasteiger partial charge in [-0.1, -0.05) is 13.8 Å². The van der Waals surface area contributed by atoms with Crippen LogP contribution in [0.2, 0.25) is 0 Å². The largest absolute Gasteiger partial charge is 0.366 e. The van der Waals surface area contributed by atoms with Gasteiger partial charge in [-0.05, 0) is 29.7 Å². The highest BCUT2D eigenvalue weighted by atomic mass is 16.1. The quantitative estimate of drug-likeness (QED) is 0.737. The van der Waals surface area contributed by atoms with Crippen molar-refractivity contribution in [2.24, 2.45) is 5.73 Å². The minimum atomic E-state index is -0.437. The van der Waals surface area contributed by atoms with Gasteiger partial charge in [0.2, 0.25) is 5.91 Å². The Morgan fingerprint density at radius 2 is 2.29 bits per heavy atom. The van der Waals surface area contributed by atoms with E-state index in [0.29, 0.717) is 5.92 Å². The van der Waals surface area contributed by atoms with Crippen molar-refractivity contribution in [3.8, 4) is 0 Å². The Balaban J connectivity index is 2.89. The molecule has 0 aliphatic carbocycles. The molecule has 3 heteroatoms. The zero-order valence-electron chi connectivity index (χ0n) is 8.40. The number of nitrogens with zero attached hydrogens (tertiary/aromatic N) is 1. The minimum Gasteiger partial charge on any atom is -0.366 e. The van der Waals surface area contributed by atoms with Crippen LogP contribution in [-0.2, 0) is 4.79 Å². The van der Waals surface area contributed by atoms with Gasteiger partial charge in [0.05, 0.1) is 0 Å². The lowest BCUT2D eigenvalue weighted by Gasteiger charge is -2.03. The first-order valence-corrected chi connectivity index (χ1v) is 4.53. The lowest BCUT2D eigenvalue weighted by Crippen LogP contribution is -2.05. The van der Waals surface area contributed by atoms with Crippen LogP contribution in [0.4, 0.5) is 0 Å². The molecule has 0 aliphatic rings. The molecule has 0 fully saturated rings. The first kappa shape index (κ1) is 10.4. The predicted molar refractivity (Wildman–Crippen MR) is 56.6 cm³/mol. The van der Waals surface area contributed by atoms with Gasteiger partial charge in [0.15, 0.2) is 0 Å². The highest BCUT2D eigenvalue weighted by molar-refractivity contribution is 5.90. The monoisotopic (exact) mass is 190 g/mol. The third-order valence-electron chi connectivity index (χ3n) is 1.84. The highest BCUT2D eigenvalue weighted by Gasteiger charge is 1.99. The summed E-state index contributed by atoms with van der Waals surface area (Å²) in [6.45, 7) is 4.15. The number of aromatic nitrogens is 1. The second kappa shape index (κ2) is 4.56. The van der Waals surface area contributed by atoms with Gasteiger partial charge in [0, 0.05) is 18.0 Å². The average Bonchev–Trinajstić information content (AvgIpc) is 2.15. The van der Waals surface area contributed by atoms with Gasteiger partial charge >= 0.3 is 0 Å². The van der Waals surface area contributed by atoms with Crippen molar-refractivity contribution in [3.63, 3.8) is 0 Å². The maximum absolute atomic E-state index is 10.5. The lowest BCUT2D eigenvalue weighted by molar-refractivity contribution is -0.113. The van der Waals surface area contributed by atoms with E-state index >= 15 is 0 Å². The number of carbonyl (C=O) groups is 1. The Morgan fingerprint density at radius 3 is 2.86 bits per heavy atom. The summed E-state index contributed by atoms with van der Waals surface area (Å²) in [4.78, 5) is 14.7. The van der Waals surface area contributed by atoms with E-state index in [1.807, 2.05) is 12.1 Å². The molecule has 0 unspecified atom stereocenters. The van der Waals surface area contributed by atoms with Gasteiger partial charge in [-0.2, -0.15) is 0 Å². The predicted octanol–water partition coefficient (Wildman–Crippen LogP) is 1.70. The van der Waals surface area contributed by atoms with Crippen molar-refractivity contribution in [1.82, 2.24) is 4.98 Å². The van der Waals surface area contributed by atoms with E-state index in [4.69, 9.17) is 5.73 Å². The first-order valence-electron chi connectivity index (χ1n) is 4.53. The minimum absolute atomic E-state index is 0.386. The summed E-state index contributed by atoms with van der Waals surface area (Å²) in [5.74, 6) is -0.0511. The van der Waals surface area contributed by atoms with Crippen LogP contribution in [0.25, 0.3) is 6.08 Å². The van der Waals surface area contributed by atoms with Crippen molar-refractivity contribution in [2.45, 2.75) is 19.8 Å². The number of nitrogens with two attached hydrogens (primary N) is 1. The van der Waals surface area contributed by atoms with E-state index in [-0.39, 0.29) is 0 Å². The number of pyridine rings is 1. The van der Waals surface area contributed by atoms with Crippen molar-refractivity contribution in [3.05, 3.63) is 35.7 Å². The molecule has 1 aromatic heterocycles. The maximum Gasteiger partial charge on any atom is 0.241 e. The zero-order valence-corrected chi connectivity index (χ0v) is 8.40. The van der Waals surface area contributed by atoms with Crippen LogP contribution in [0, 0.1) is 0 Å². The summed E-state index contributed by atoms with van der Waals surface area (Å²) in [6.07, 6.45) is 4.77. The molecule has 0 bridgehead atoms. The smallest absolute Gasteiger partial charge is 0.241 e. The molecule has 2 N–H and O–H groups in total. The second-order valence-electron chi connectivity index (χ2n) is 3.40. The SMILES string of the molecule is CC(C)c1cc(/C=C/C(N)=O)ccn1. The molecule has 14 heavy (non-hydrogen) atoms. The summed E-state index contributed by atoms with van der Waals surface area (Å²) in [7, 11) is 0. The summed E-state index contributed by atoms with van der Waals surface area (Å²) in [6, 6.07) is 3.79. The van der Waals surface area contributed by atoms with Crippen molar-refractivity contribution in [1.29, 1.82) is 0 Å². The van der Waals surface area contributed by atoms with Crippen LogP contribution in [0.3, 0.4) is 0 Å². The number of hydrogen-bond donors (Lipinski definition) is 1. The molecule has 0 saturated heterocycles. The van der Waals surface area contributed by atoms with Gasteiger partial charge in [0.1, 0.15) is 0 Å². The number of rotatable bonds is 3. The summed E-state index contributed by atoms with van der Waals surface area (Å²) >= 11 is 0. The highest BCUT2D eigenvalue weighted by Crippen LogP contribution is 2.13. The standard InChI is InChI=1S/C11H14N2O/c1-8(2)10-7-9(5-6-13-10)3-4-11(12)14/h3-8H,1-2H3,(H2,12,14)/b4-3+. The third-order valence-corrected chi connectivity index (χ3v) is 1.84. The van der Waals surface area contributed by atoms with Crippen molar-refractivity contribution in [2.75, 3.05) is 0 Å². The average molecular weight is 190 g/mol. The normalized spacial score (nSPS) is 11.1. The molecule has 3 nitrogen and oxygen atoms in total. The van der Waals surface area contributed by atoms with Gasteiger partial charge < -0.3 is 5.73 Å². The number of primary amides is 1. The molecule has 0 atom stereocenters. The number of hydrogen-bond acceptors (Lipinski definition) is 2. The Kier molecular flexibility index (Phi) is 3.40. The van der Waals surface area contributed by atoms with E-state index in [9.17, 15) is 4.79 Å². The van der Waals surface area contributed by atoms with Crippen LogP contribution >= 0.6 is 0 Å². The van der Waals surface area contributed by atoms with Crippen LogP contribution in [-0.4, -0.2) is 10.9 Å². The van der Waals surface area contributed by atoms with Crippen LogP contribution < -0.4 is 5.73 Å². The molecular weight excluding hydrogens is 176 g/mol. The molecule has 0 radical (unpaired) electrons. The topological polar surface area (TPSA) is 56.0 Å². The Morgan fingerprint density at radius 1 is 1.57 bits per heavy atom. The molecular formula is C11H14N2O. The van der Waals surface area contributed by atoms with Gasteiger partial charge in [-0.15, -0.1) is 0 Å². The third kappa shape index (κ3) is 3.01. The Labute approximate surface area is 83.7 Å².